The third kappa shape index (κ3) is 6.59. The Morgan fingerprint density at radius 2 is 1.69 bits per heavy atom. The Labute approximate surface area is 232 Å². The summed E-state index contributed by atoms with van der Waals surface area (Å²) in [6.07, 6.45) is 2.81. The second-order valence-electron chi connectivity index (χ2n) is 9.10. The van der Waals surface area contributed by atoms with Gasteiger partial charge in [-0.25, -0.2) is 23.4 Å². The van der Waals surface area contributed by atoms with Crippen LogP contribution in [0, 0.1) is 0 Å². The number of nitrogens with one attached hydrogen (secondary N) is 1. The van der Waals surface area contributed by atoms with E-state index < -0.39 is 40.6 Å². The van der Waals surface area contributed by atoms with Crippen LogP contribution in [-0.2, 0) is 15.4 Å². The Morgan fingerprint density at radius 3 is 2.33 bits per heavy atom. The number of anilines is 1. The number of nitrogens with zero attached hydrogens (tertiary/aromatic N) is 4. The molecule has 0 saturated carbocycles. The van der Waals surface area contributed by atoms with Crippen molar-refractivity contribution in [2.24, 2.45) is 0 Å². The molecule has 0 bridgehead atoms. The Morgan fingerprint density at radius 1 is 1.00 bits per heavy atom. The summed E-state index contributed by atoms with van der Waals surface area (Å²) >= 11 is 0. The molecule has 0 amide bonds. The molecule has 12 heteroatoms. The van der Waals surface area contributed by atoms with E-state index in [1.807, 2.05) is 20.8 Å². The van der Waals surface area contributed by atoms with Crippen LogP contribution in [0.5, 0.6) is 23.1 Å². The quantitative estimate of drug-likeness (QED) is 0.276. The Balaban J connectivity index is 1.93. The van der Waals surface area contributed by atoms with Gasteiger partial charge in [-0.3, -0.25) is 4.72 Å². The third-order valence-electron chi connectivity index (χ3n) is 5.36. The van der Waals surface area contributed by atoms with Crippen LogP contribution in [0.3, 0.4) is 0 Å². The molecule has 2 aromatic carbocycles. The normalized spacial score (nSPS) is 13.4. The highest BCUT2D eigenvalue weighted by Gasteiger charge is 2.26. The van der Waals surface area contributed by atoms with E-state index in [0.717, 1.165) is 5.56 Å². The van der Waals surface area contributed by atoms with Gasteiger partial charge in [0.2, 0.25) is 13.0 Å². The van der Waals surface area contributed by atoms with E-state index in [4.69, 9.17) is 19.8 Å². The van der Waals surface area contributed by atoms with E-state index in [-0.39, 0.29) is 38.2 Å². The van der Waals surface area contributed by atoms with Crippen molar-refractivity contribution in [3.8, 4) is 34.8 Å². The van der Waals surface area contributed by atoms with E-state index in [0.29, 0.717) is 0 Å². The van der Waals surface area contributed by atoms with Crippen molar-refractivity contribution in [2.75, 3.05) is 25.0 Å². The highest BCUT2D eigenvalue weighted by atomic mass is 32.2. The summed E-state index contributed by atoms with van der Waals surface area (Å²) in [6, 6.07) is 14.0. The van der Waals surface area contributed by atoms with Crippen molar-refractivity contribution in [1.29, 1.82) is 1.43 Å². The maximum atomic E-state index is 13.8. The lowest BCUT2D eigenvalue weighted by atomic mass is 9.87. The van der Waals surface area contributed by atoms with Crippen LogP contribution in [0.4, 0.5) is 5.82 Å². The molecule has 39 heavy (non-hydrogen) atoms. The minimum absolute atomic E-state index is 0.0440. The third-order valence-corrected chi connectivity index (χ3v) is 6.64. The van der Waals surface area contributed by atoms with Crippen molar-refractivity contribution in [2.45, 2.75) is 31.1 Å². The van der Waals surface area contributed by atoms with Crippen molar-refractivity contribution in [1.82, 2.24) is 19.9 Å². The van der Waals surface area contributed by atoms with Gasteiger partial charge in [0.05, 0.1) is 21.3 Å². The van der Waals surface area contributed by atoms with Gasteiger partial charge >= 0.3 is 0 Å². The number of para-hydroxylation sites is 2. The van der Waals surface area contributed by atoms with Crippen LogP contribution in [-0.4, -0.2) is 55.2 Å². The first-order valence-corrected chi connectivity index (χ1v) is 13.1. The summed E-state index contributed by atoms with van der Waals surface area (Å²) in [4.78, 5) is 16.5. The molecule has 0 fully saturated rings. The molecule has 2 heterocycles. The first-order valence-electron chi connectivity index (χ1n) is 13.5. The smallest absolute Gasteiger partial charge is 0.263 e. The predicted octanol–water partition coefficient (Wildman–Crippen LogP) is 4.20. The Kier molecular flexibility index (Phi) is 6.76. The number of hydrogen-bond donors (Lipinski definition) is 2. The fourth-order valence-corrected chi connectivity index (χ4v) is 4.32. The number of hydrogen-bond acceptors (Lipinski definition) is 10. The largest absolute Gasteiger partial charge is 0.493 e. The molecule has 2 N–H and O–H groups in total. The lowest BCUT2D eigenvalue weighted by molar-refractivity contribution is 0.192. The average Bonchev–Trinajstić information content (AvgIpc) is 3.00. The Hall–Kier alpha value is -4.29. The number of ether oxygens (including phenoxy) is 3. The summed E-state index contributed by atoms with van der Waals surface area (Å²) in [7, 11) is -3.18. The molecular formula is C27H29N5O6S. The highest BCUT2D eigenvalue weighted by Crippen LogP contribution is 2.41. The van der Waals surface area contributed by atoms with Crippen molar-refractivity contribution in [3.05, 3.63) is 72.6 Å². The molecular weight excluding hydrogens is 522 g/mol. The topological polar surface area (TPSA) is 146 Å². The zero-order chi connectivity index (χ0) is 31.4. The van der Waals surface area contributed by atoms with Crippen LogP contribution >= 0.6 is 0 Å². The summed E-state index contributed by atoms with van der Waals surface area (Å²) in [5.74, 6) is -1.49. The monoisotopic (exact) mass is 555 g/mol. The number of aliphatic hydroxyl groups is 1. The van der Waals surface area contributed by atoms with E-state index in [1.165, 1.54) is 37.7 Å². The van der Waals surface area contributed by atoms with Gasteiger partial charge in [-0.1, -0.05) is 45.0 Å². The van der Waals surface area contributed by atoms with E-state index in [9.17, 15) is 8.42 Å². The standard InChI is InChI=1S/C27H29N5O6S/c1-27(2,3)18-10-12-19(13-11-18)39(34,35)32-23-22(38-21-9-6-5-8-20(21)36-4)26(37-17-16-33)31-25(30-23)24-28-14-7-15-29-24/h5-15,33H,16-17H2,1-4H3,(H,30,31,32)/i16D2,33D/hD. The number of methoxy groups -OCH3 is 1. The maximum Gasteiger partial charge on any atom is 0.263 e. The first kappa shape index (κ1) is 22.7. The van der Waals surface area contributed by atoms with Crippen molar-refractivity contribution in [3.63, 3.8) is 0 Å². The molecule has 0 aliphatic heterocycles. The zero-order valence-corrected chi connectivity index (χ0v) is 22.5. The lowest BCUT2D eigenvalue weighted by Gasteiger charge is -2.20. The molecule has 0 atom stereocenters. The van der Waals surface area contributed by atoms with Crippen LogP contribution in [0.15, 0.2) is 71.9 Å². The number of aromatic nitrogens is 4. The Bertz CT molecular complexity index is 1670. The second kappa shape index (κ2) is 11.6. The van der Waals surface area contributed by atoms with Gasteiger partial charge in [0, 0.05) is 12.4 Å². The van der Waals surface area contributed by atoms with Crippen LogP contribution in [0.1, 0.15) is 29.1 Å². The molecule has 4 rings (SSSR count). The van der Waals surface area contributed by atoms with E-state index >= 15 is 0 Å². The number of sulfonamides is 1. The SMILES string of the molecule is [2H]OC([2H])([2H])COc1nc(-c2ncccn2)nc(N([2H])S(=O)(=O)c2ccc(C(C)(C)C)cc2)c1Oc1ccccc1OC. The van der Waals surface area contributed by atoms with E-state index in [2.05, 4.69) is 25.0 Å². The van der Waals surface area contributed by atoms with Gasteiger partial charge in [0.15, 0.2) is 24.6 Å². The zero-order valence-electron chi connectivity index (χ0n) is 25.7. The molecule has 0 radical (unpaired) electrons. The molecule has 0 spiro atoms. The summed E-state index contributed by atoms with van der Waals surface area (Å²) in [5.41, 5.74) is 0.644. The maximum absolute atomic E-state index is 13.8. The van der Waals surface area contributed by atoms with Gasteiger partial charge in [0.1, 0.15) is 6.61 Å². The van der Waals surface area contributed by atoms with Gasteiger partial charge in [0.25, 0.3) is 15.9 Å². The fraction of sp³-hybridized carbons (Fsp3) is 0.259. The summed E-state index contributed by atoms with van der Waals surface area (Å²) in [5, 5.41) is 4.08. The molecule has 0 aliphatic carbocycles. The van der Waals surface area contributed by atoms with Gasteiger partial charge in [-0.05, 0) is 41.3 Å². The molecule has 204 valence electrons. The minimum atomic E-state index is -4.58. The fourth-order valence-electron chi connectivity index (χ4n) is 3.39. The highest BCUT2D eigenvalue weighted by molar-refractivity contribution is 7.92. The molecule has 2 aromatic heterocycles. The van der Waals surface area contributed by atoms with Gasteiger partial charge in [-0.15, -0.1) is 0 Å². The van der Waals surface area contributed by atoms with Crippen molar-refractivity contribution < 1.29 is 31.9 Å². The molecule has 0 aliphatic rings. The van der Waals surface area contributed by atoms with Gasteiger partial charge in [-0.2, -0.15) is 4.98 Å². The first-order chi connectivity index (χ1) is 20.3. The molecule has 0 unspecified atom stereocenters. The lowest BCUT2D eigenvalue weighted by Crippen LogP contribution is -2.17. The summed E-state index contributed by atoms with van der Waals surface area (Å²) < 4.78 is 76.0. The van der Waals surface area contributed by atoms with Crippen LogP contribution in [0.2, 0.25) is 1.41 Å². The minimum Gasteiger partial charge on any atom is -0.493 e. The second-order valence-corrected chi connectivity index (χ2v) is 10.7. The predicted molar refractivity (Wildman–Crippen MR) is 145 cm³/mol. The van der Waals surface area contributed by atoms with Crippen LogP contribution < -0.4 is 18.9 Å². The van der Waals surface area contributed by atoms with E-state index in [1.54, 1.807) is 36.4 Å². The number of benzene rings is 2. The molecule has 11 nitrogen and oxygen atoms in total. The average molecular weight is 556 g/mol. The van der Waals surface area contributed by atoms with Crippen LogP contribution in [0.25, 0.3) is 11.6 Å². The van der Waals surface area contributed by atoms with Gasteiger partial charge < -0.3 is 19.3 Å². The molecule has 4 aromatic rings. The van der Waals surface area contributed by atoms with Crippen molar-refractivity contribution >= 4 is 15.8 Å². The number of rotatable bonds is 11. The molecule has 0 saturated heterocycles. The summed E-state index contributed by atoms with van der Waals surface area (Å²) in [6.45, 7) is 2.51.